The fourth-order valence-corrected chi connectivity index (χ4v) is 1.41. The van der Waals surface area contributed by atoms with Crippen LogP contribution in [0.1, 0.15) is 10.4 Å². The molecule has 4 heteroatoms. The van der Waals surface area contributed by atoms with Gasteiger partial charge in [-0.1, -0.05) is 28.1 Å². The van der Waals surface area contributed by atoms with E-state index in [4.69, 9.17) is 9.47 Å². The third-order valence-electron chi connectivity index (χ3n) is 1.91. The molecule has 3 nitrogen and oxygen atoms in total. The van der Waals surface area contributed by atoms with E-state index in [2.05, 4.69) is 15.9 Å². The average Bonchev–Trinajstić information content (AvgIpc) is 2.34. The van der Waals surface area contributed by atoms with Gasteiger partial charge in [0.25, 0.3) is 0 Å². The van der Waals surface area contributed by atoms with Crippen LogP contribution in [0.4, 0.5) is 0 Å². The van der Waals surface area contributed by atoms with Crippen LogP contribution < -0.4 is 9.47 Å². The van der Waals surface area contributed by atoms with Crippen LogP contribution in [0.2, 0.25) is 0 Å². The number of rotatable bonds is 6. The monoisotopic (exact) mass is 284 g/mol. The lowest BCUT2D eigenvalue weighted by atomic mass is 10.2. The molecule has 16 heavy (non-hydrogen) atoms. The van der Waals surface area contributed by atoms with Crippen molar-refractivity contribution in [1.29, 1.82) is 0 Å². The molecule has 0 heterocycles. The summed E-state index contributed by atoms with van der Waals surface area (Å²) in [5.41, 5.74) is 0.570. The van der Waals surface area contributed by atoms with Gasteiger partial charge < -0.3 is 9.47 Å². The summed E-state index contributed by atoms with van der Waals surface area (Å²) in [5, 5.41) is 0.803. The number of aldehydes is 1. The van der Waals surface area contributed by atoms with Gasteiger partial charge in [-0.15, -0.1) is 0 Å². The van der Waals surface area contributed by atoms with Gasteiger partial charge in [0.2, 0.25) is 0 Å². The maximum atomic E-state index is 10.6. The molecule has 1 rings (SSSR count). The molecule has 0 aliphatic rings. The fraction of sp³-hybridized carbons (Fsp3) is 0.250. The molecule has 86 valence electrons. The van der Waals surface area contributed by atoms with E-state index in [-0.39, 0.29) is 0 Å². The van der Waals surface area contributed by atoms with E-state index in [1.165, 1.54) is 0 Å². The Balaban J connectivity index is 2.71. The summed E-state index contributed by atoms with van der Waals surface area (Å²) in [4.78, 5) is 10.6. The van der Waals surface area contributed by atoms with Crippen LogP contribution in [-0.4, -0.2) is 25.3 Å². The standard InChI is InChI=1S/C12H13BrO3/c1-15-12-8-10(9-14)4-5-11(12)16-7-3-2-6-13/h2-5,8-9H,6-7H2,1H3. The summed E-state index contributed by atoms with van der Waals surface area (Å²) in [6.45, 7) is 0.475. The molecule has 0 unspecified atom stereocenters. The largest absolute Gasteiger partial charge is 0.493 e. The Kier molecular flexibility index (Phi) is 5.64. The second kappa shape index (κ2) is 7.06. The molecule has 0 atom stereocenters. The Morgan fingerprint density at radius 2 is 2.12 bits per heavy atom. The van der Waals surface area contributed by atoms with E-state index in [1.54, 1.807) is 25.3 Å². The highest BCUT2D eigenvalue weighted by Gasteiger charge is 2.04. The van der Waals surface area contributed by atoms with Crippen LogP contribution >= 0.6 is 15.9 Å². The summed E-state index contributed by atoms with van der Waals surface area (Å²) >= 11 is 3.28. The predicted molar refractivity (Wildman–Crippen MR) is 66.8 cm³/mol. The molecule has 1 aromatic carbocycles. The first-order chi connectivity index (χ1) is 7.81. The molecule has 0 aliphatic carbocycles. The van der Waals surface area contributed by atoms with Gasteiger partial charge in [-0.2, -0.15) is 0 Å². The van der Waals surface area contributed by atoms with Gasteiger partial charge in [0, 0.05) is 10.9 Å². The van der Waals surface area contributed by atoms with Gasteiger partial charge in [0.05, 0.1) is 7.11 Å². The zero-order valence-corrected chi connectivity index (χ0v) is 10.6. The Labute approximate surface area is 103 Å². The van der Waals surface area contributed by atoms with Gasteiger partial charge in [0.15, 0.2) is 11.5 Å². The molecular weight excluding hydrogens is 272 g/mol. The maximum absolute atomic E-state index is 10.6. The van der Waals surface area contributed by atoms with E-state index in [0.717, 1.165) is 11.6 Å². The first-order valence-electron chi connectivity index (χ1n) is 4.78. The number of carbonyl (C=O) groups excluding carboxylic acids is 1. The number of allylic oxidation sites excluding steroid dienone is 1. The third kappa shape index (κ3) is 3.70. The minimum absolute atomic E-state index is 0.475. The second-order valence-electron chi connectivity index (χ2n) is 2.96. The smallest absolute Gasteiger partial charge is 0.161 e. The summed E-state index contributed by atoms with van der Waals surface area (Å²) in [7, 11) is 1.55. The second-order valence-corrected chi connectivity index (χ2v) is 3.61. The SMILES string of the molecule is COc1cc(C=O)ccc1OCC=CCBr. The molecule has 0 N–H and O–H groups in total. The minimum atomic E-state index is 0.475. The fourth-order valence-electron chi connectivity index (χ4n) is 1.15. The van der Waals surface area contributed by atoms with Gasteiger partial charge in [0.1, 0.15) is 12.9 Å². The van der Waals surface area contributed by atoms with Crippen LogP contribution in [0.5, 0.6) is 11.5 Å². The van der Waals surface area contributed by atoms with E-state index < -0.39 is 0 Å². The molecule has 0 saturated carbocycles. The van der Waals surface area contributed by atoms with E-state index in [0.29, 0.717) is 23.7 Å². The number of methoxy groups -OCH3 is 1. The summed E-state index contributed by atoms with van der Waals surface area (Å²) in [6, 6.07) is 5.07. The highest BCUT2D eigenvalue weighted by atomic mass is 79.9. The number of ether oxygens (including phenoxy) is 2. The summed E-state index contributed by atoms with van der Waals surface area (Å²) < 4.78 is 10.6. The third-order valence-corrected chi connectivity index (χ3v) is 2.29. The number of hydrogen-bond donors (Lipinski definition) is 0. The normalized spacial score (nSPS) is 10.4. The molecule has 0 aliphatic heterocycles. The van der Waals surface area contributed by atoms with Crippen molar-refractivity contribution in [2.24, 2.45) is 0 Å². The predicted octanol–water partition coefficient (Wildman–Crippen LogP) is 2.84. The van der Waals surface area contributed by atoms with Crippen LogP contribution in [0.25, 0.3) is 0 Å². The summed E-state index contributed by atoms with van der Waals surface area (Å²) in [5.74, 6) is 1.20. The lowest BCUT2D eigenvalue weighted by Crippen LogP contribution is -1.97. The van der Waals surface area contributed by atoms with Crippen LogP contribution in [0.15, 0.2) is 30.4 Å². The van der Waals surface area contributed by atoms with Gasteiger partial charge in [-0.05, 0) is 18.2 Å². The van der Waals surface area contributed by atoms with Crippen LogP contribution in [0, 0.1) is 0 Å². The summed E-state index contributed by atoms with van der Waals surface area (Å²) in [6.07, 6.45) is 4.63. The van der Waals surface area contributed by atoms with Crippen molar-refractivity contribution in [3.8, 4) is 11.5 Å². The number of hydrogen-bond acceptors (Lipinski definition) is 3. The first kappa shape index (κ1) is 12.8. The van der Waals surface area contributed by atoms with Crippen molar-refractivity contribution in [2.75, 3.05) is 19.0 Å². The molecule has 0 amide bonds. The van der Waals surface area contributed by atoms with Gasteiger partial charge in [-0.25, -0.2) is 0 Å². The van der Waals surface area contributed by atoms with Gasteiger partial charge >= 0.3 is 0 Å². The van der Waals surface area contributed by atoms with Crippen molar-refractivity contribution in [3.05, 3.63) is 35.9 Å². The highest BCUT2D eigenvalue weighted by molar-refractivity contribution is 9.09. The van der Waals surface area contributed by atoms with E-state index in [9.17, 15) is 4.79 Å². The molecular formula is C12H13BrO3. The van der Waals surface area contributed by atoms with Crippen molar-refractivity contribution < 1.29 is 14.3 Å². The molecule has 0 fully saturated rings. The Morgan fingerprint density at radius 1 is 1.31 bits per heavy atom. The van der Waals surface area contributed by atoms with Crippen molar-refractivity contribution in [1.82, 2.24) is 0 Å². The quantitative estimate of drug-likeness (QED) is 0.458. The number of benzene rings is 1. The molecule has 0 radical (unpaired) electrons. The number of carbonyl (C=O) groups is 1. The Bertz CT molecular complexity index is 375. The Hall–Kier alpha value is -1.29. The average molecular weight is 285 g/mol. The van der Waals surface area contributed by atoms with E-state index in [1.807, 2.05) is 12.2 Å². The van der Waals surface area contributed by atoms with Crippen LogP contribution in [0.3, 0.4) is 0 Å². The number of halogens is 1. The number of alkyl halides is 1. The van der Waals surface area contributed by atoms with Crippen molar-refractivity contribution in [3.63, 3.8) is 0 Å². The highest BCUT2D eigenvalue weighted by Crippen LogP contribution is 2.27. The Morgan fingerprint density at radius 3 is 2.75 bits per heavy atom. The lowest BCUT2D eigenvalue weighted by molar-refractivity contribution is 0.112. The maximum Gasteiger partial charge on any atom is 0.161 e. The van der Waals surface area contributed by atoms with Crippen molar-refractivity contribution >= 4 is 22.2 Å². The minimum Gasteiger partial charge on any atom is -0.493 e. The molecule has 0 bridgehead atoms. The van der Waals surface area contributed by atoms with E-state index >= 15 is 0 Å². The molecule has 0 aromatic heterocycles. The molecule has 0 spiro atoms. The molecule has 1 aromatic rings. The zero-order valence-electron chi connectivity index (χ0n) is 8.98. The zero-order chi connectivity index (χ0) is 11.8. The topological polar surface area (TPSA) is 35.5 Å². The first-order valence-corrected chi connectivity index (χ1v) is 5.91. The molecule has 0 saturated heterocycles. The van der Waals surface area contributed by atoms with Crippen LogP contribution in [-0.2, 0) is 0 Å². The van der Waals surface area contributed by atoms with Crippen molar-refractivity contribution in [2.45, 2.75) is 0 Å². The lowest BCUT2D eigenvalue weighted by Gasteiger charge is -2.09. The van der Waals surface area contributed by atoms with Gasteiger partial charge in [-0.3, -0.25) is 4.79 Å².